The monoisotopic (exact) mass is 371 g/mol. The van der Waals surface area contributed by atoms with Crippen molar-refractivity contribution in [2.75, 3.05) is 0 Å². The van der Waals surface area contributed by atoms with E-state index in [-0.39, 0.29) is 11.2 Å². The van der Waals surface area contributed by atoms with E-state index < -0.39 is 4.92 Å². The SMILES string of the molecule is Cc1ccc(-c2nn(-c3ccc([N+](=O)[O-])cc3)c(=O)c3ccccc23)cc1C. The molecule has 0 saturated heterocycles. The van der Waals surface area contributed by atoms with Crippen LogP contribution in [0.15, 0.2) is 71.5 Å². The second-order valence-electron chi connectivity index (χ2n) is 6.68. The first-order valence-corrected chi connectivity index (χ1v) is 8.80. The zero-order chi connectivity index (χ0) is 19.8. The number of non-ortho nitro benzene ring substituents is 1. The van der Waals surface area contributed by atoms with Crippen LogP contribution in [0.5, 0.6) is 0 Å². The molecule has 0 radical (unpaired) electrons. The molecule has 28 heavy (non-hydrogen) atoms. The average molecular weight is 371 g/mol. The number of rotatable bonds is 3. The molecule has 1 aromatic heterocycles. The lowest BCUT2D eigenvalue weighted by Crippen LogP contribution is -2.22. The molecule has 0 aliphatic carbocycles. The molecule has 0 amide bonds. The third-order valence-corrected chi connectivity index (χ3v) is 4.89. The van der Waals surface area contributed by atoms with Gasteiger partial charge in [-0.15, -0.1) is 0 Å². The van der Waals surface area contributed by atoms with Crippen LogP contribution in [0.1, 0.15) is 11.1 Å². The van der Waals surface area contributed by atoms with Crippen LogP contribution in [-0.4, -0.2) is 14.7 Å². The first-order chi connectivity index (χ1) is 13.5. The Morgan fingerprint density at radius 3 is 2.21 bits per heavy atom. The molecular formula is C22H17N3O3. The number of aromatic nitrogens is 2. The van der Waals surface area contributed by atoms with Gasteiger partial charge < -0.3 is 0 Å². The Hall–Kier alpha value is -3.80. The Kier molecular flexibility index (Phi) is 4.24. The topological polar surface area (TPSA) is 78.0 Å². The summed E-state index contributed by atoms with van der Waals surface area (Å²) in [4.78, 5) is 23.5. The second kappa shape index (κ2) is 6.74. The lowest BCUT2D eigenvalue weighted by molar-refractivity contribution is -0.384. The molecule has 1 heterocycles. The molecule has 0 bridgehead atoms. The highest BCUT2D eigenvalue weighted by molar-refractivity contribution is 5.94. The van der Waals surface area contributed by atoms with Crippen molar-refractivity contribution in [3.05, 3.63) is 98.3 Å². The molecule has 0 unspecified atom stereocenters. The largest absolute Gasteiger partial charge is 0.279 e. The molecule has 4 rings (SSSR count). The number of aryl methyl sites for hydroxylation is 2. The van der Waals surface area contributed by atoms with Gasteiger partial charge >= 0.3 is 0 Å². The highest BCUT2D eigenvalue weighted by atomic mass is 16.6. The van der Waals surface area contributed by atoms with Gasteiger partial charge in [0, 0.05) is 23.1 Å². The van der Waals surface area contributed by atoms with E-state index in [0.717, 1.165) is 16.5 Å². The van der Waals surface area contributed by atoms with Crippen LogP contribution in [0.4, 0.5) is 5.69 Å². The number of hydrogen-bond donors (Lipinski definition) is 0. The maximum atomic E-state index is 13.0. The van der Waals surface area contributed by atoms with Crippen molar-refractivity contribution >= 4 is 16.5 Å². The first-order valence-electron chi connectivity index (χ1n) is 8.80. The van der Waals surface area contributed by atoms with E-state index in [1.54, 1.807) is 6.07 Å². The highest BCUT2D eigenvalue weighted by Crippen LogP contribution is 2.27. The van der Waals surface area contributed by atoms with Gasteiger partial charge in [0.05, 0.1) is 21.7 Å². The third-order valence-electron chi connectivity index (χ3n) is 4.89. The van der Waals surface area contributed by atoms with E-state index in [1.807, 2.05) is 44.2 Å². The van der Waals surface area contributed by atoms with E-state index in [2.05, 4.69) is 11.2 Å². The van der Waals surface area contributed by atoms with Crippen LogP contribution >= 0.6 is 0 Å². The van der Waals surface area contributed by atoms with Crippen LogP contribution < -0.4 is 5.56 Å². The molecule has 0 N–H and O–H groups in total. The standard InChI is InChI=1S/C22H17N3O3/c1-14-7-8-16(13-15(14)2)21-19-5-3-4-6-20(19)22(26)24(23-21)17-9-11-18(12-10-17)25(27)28/h3-13H,1-2H3. The van der Waals surface area contributed by atoms with E-state index in [0.29, 0.717) is 16.8 Å². The Morgan fingerprint density at radius 2 is 1.57 bits per heavy atom. The fraction of sp³-hybridized carbons (Fsp3) is 0.0909. The lowest BCUT2D eigenvalue weighted by Gasteiger charge is -2.12. The van der Waals surface area contributed by atoms with Crippen molar-refractivity contribution < 1.29 is 4.92 Å². The molecule has 3 aromatic carbocycles. The summed E-state index contributed by atoms with van der Waals surface area (Å²) < 4.78 is 1.30. The molecule has 0 aliphatic rings. The number of nitro benzene ring substituents is 1. The smallest absolute Gasteiger partial charge is 0.267 e. The molecule has 0 aliphatic heterocycles. The predicted octanol–water partition coefficient (Wildman–Crippen LogP) is 4.58. The number of fused-ring (bicyclic) bond motifs is 1. The molecule has 0 spiro atoms. The van der Waals surface area contributed by atoms with E-state index in [9.17, 15) is 14.9 Å². The molecular weight excluding hydrogens is 354 g/mol. The molecule has 138 valence electrons. The van der Waals surface area contributed by atoms with Gasteiger partial charge in [0.25, 0.3) is 11.2 Å². The molecule has 0 atom stereocenters. The van der Waals surface area contributed by atoms with Crippen molar-refractivity contribution in [2.45, 2.75) is 13.8 Å². The zero-order valence-electron chi connectivity index (χ0n) is 15.4. The summed E-state index contributed by atoms with van der Waals surface area (Å²) >= 11 is 0. The van der Waals surface area contributed by atoms with Crippen molar-refractivity contribution in [1.82, 2.24) is 9.78 Å². The van der Waals surface area contributed by atoms with Crippen molar-refractivity contribution in [3.8, 4) is 16.9 Å². The summed E-state index contributed by atoms with van der Waals surface area (Å²) in [5, 5.41) is 16.8. The molecule has 0 saturated carbocycles. The number of hydrogen-bond acceptors (Lipinski definition) is 4. The average Bonchev–Trinajstić information content (AvgIpc) is 2.71. The van der Waals surface area contributed by atoms with Gasteiger partial charge in [0.2, 0.25) is 0 Å². The van der Waals surface area contributed by atoms with Gasteiger partial charge in [-0.05, 0) is 49.2 Å². The van der Waals surface area contributed by atoms with E-state index >= 15 is 0 Å². The fourth-order valence-electron chi connectivity index (χ4n) is 3.18. The summed E-state index contributed by atoms with van der Waals surface area (Å²) in [6.45, 7) is 4.08. The summed E-state index contributed by atoms with van der Waals surface area (Å²) in [5.74, 6) is 0. The summed E-state index contributed by atoms with van der Waals surface area (Å²) in [6, 6.07) is 19.2. The van der Waals surface area contributed by atoms with Crippen LogP contribution in [-0.2, 0) is 0 Å². The van der Waals surface area contributed by atoms with Gasteiger partial charge in [0.1, 0.15) is 0 Å². The van der Waals surface area contributed by atoms with Gasteiger partial charge in [-0.2, -0.15) is 9.78 Å². The fourth-order valence-corrected chi connectivity index (χ4v) is 3.18. The summed E-state index contributed by atoms with van der Waals surface area (Å²) in [7, 11) is 0. The summed E-state index contributed by atoms with van der Waals surface area (Å²) in [6.07, 6.45) is 0. The second-order valence-corrected chi connectivity index (χ2v) is 6.68. The number of nitrogens with zero attached hydrogens (tertiary/aromatic N) is 3. The Morgan fingerprint density at radius 1 is 0.893 bits per heavy atom. The Balaban J connectivity index is 2.00. The minimum absolute atomic E-state index is 0.0352. The maximum absolute atomic E-state index is 13.0. The number of benzene rings is 3. The first kappa shape index (κ1) is 17.6. The van der Waals surface area contributed by atoms with Crippen molar-refractivity contribution in [2.24, 2.45) is 0 Å². The van der Waals surface area contributed by atoms with Gasteiger partial charge in [-0.1, -0.05) is 30.3 Å². The van der Waals surface area contributed by atoms with E-state index in [1.165, 1.54) is 34.5 Å². The maximum Gasteiger partial charge on any atom is 0.279 e. The van der Waals surface area contributed by atoms with Crippen LogP contribution in [0.3, 0.4) is 0 Å². The third kappa shape index (κ3) is 2.95. The predicted molar refractivity (Wildman–Crippen MR) is 109 cm³/mol. The van der Waals surface area contributed by atoms with Gasteiger partial charge in [-0.3, -0.25) is 14.9 Å². The number of nitro groups is 1. The highest BCUT2D eigenvalue weighted by Gasteiger charge is 2.14. The summed E-state index contributed by atoms with van der Waals surface area (Å²) in [5.41, 5.74) is 4.09. The van der Waals surface area contributed by atoms with Crippen LogP contribution in [0.25, 0.3) is 27.7 Å². The lowest BCUT2D eigenvalue weighted by atomic mass is 10.0. The normalized spacial score (nSPS) is 10.9. The minimum Gasteiger partial charge on any atom is -0.267 e. The molecule has 6 heteroatoms. The van der Waals surface area contributed by atoms with E-state index in [4.69, 9.17) is 0 Å². The Labute approximate surface area is 160 Å². The zero-order valence-corrected chi connectivity index (χ0v) is 15.4. The quantitative estimate of drug-likeness (QED) is 0.390. The molecule has 4 aromatic rings. The van der Waals surface area contributed by atoms with Crippen LogP contribution in [0, 0.1) is 24.0 Å². The van der Waals surface area contributed by atoms with Gasteiger partial charge in [-0.25, -0.2) is 0 Å². The molecule has 0 fully saturated rings. The molecule has 6 nitrogen and oxygen atoms in total. The van der Waals surface area contributed by atoms with Gasteiger partial charge in [0.15, 0.2) is 0 Å². The minimum atomic E-state index is -0.471. The van der Waals surface area contributed by atoms with Crippen molar-refractivity contribution in [1.29, 1.82) is 0 Å². The van der Waals surface area contributed by atoms with Crippen molar-refractivity contribution in [3.63, 3.8) is 0 Å². The Bertz CT molecular complexity index is 1270. The van der Waals surface area contributed by atoms with Crippen LogP contribution in [0.2, 0.25) is 0 Å².